The Labute approximate surface area is 277 Å². The standard InChI is InChI=1S/C44H26NO2P/c46-48(39-25-10-15-27-26-12-3-7-22-36(26)47-43(27)39)37-23-8-6-20-34(37)45-35-21-9-16-30-40-28-13-1-4-17-31(28)44(41(30)35,32-18-5-2-14-29(32)40)33-19-11-24-38(48)42(33)45/h1-25,40H. The van der Waals surface area contributed by atoms with Gasteiger partial charge < -0.3 is 13.9 Å². The Morgan fingerprint density at radius 1 is 0.521 bits per heavy atom. The van der Waals surface area contributed by atoms with Crippen LogP contribution in [0.2, 0.25) is 0 Å². The molecule has 0 fully saturated rings. The molecule has 1 unspecified atom stereocenters. The van der Waals surface area contributed by atoms with E-state index in [2.05, 4.69) is 120 Å². The van der Waals surface area contributed by atoms with E-state index in [1.807, 2.05) is 36.4 Å². The minimum atomic E-state index is -3.46. The van der Waals surface area contributed by atoms with E-state index in [9.17, 15) is 0 Å². The van der Waals surface area contributed by atoms with Gasteiger partial charge in [0.15, 0.2) is 7.14 Å². The van der Waals surface area contributed by atoms with Crippen molar-refractivity contribution in [1.82, 2.24) is 0 Å². The van der Waals surface area contributed by atoms with Crippen LogP contribution < -0.4 is 20.8 Å². The SMILES string of the molecule is O=P1(c2cccc3c2oc2ccccc23)c2ccccc2N2c3cccc4c3C3(c5ccccc5C4c4ccccc43)c3cccc1c32. The van der Waals surface area contributed by atoms with Gasteiger partial charge in [-0.1, -0.05) is 115 Å². The van der Waals surface area contributed by atoms with Gasteiger partial charge in [0.05, 0.1) is 27.8 Å². The second-order valence-corrected chi connectivity index (χ2v) is 16.1. The van der Waals surface area contributed by atoms with Crippen molar-refractivity contribution in [2.45, 2.75) is 11.3 Å². The van der Waals surface area contributed by atoms with E-state index >= 15 is 4.57 Å². The molecule has 2 bridgehead atoms. The molecule has 48 heavy (non-hydrogen) atoms. The van der Waals surface area contributed by atoms with Crippen LogP contribution in [-0.2, 0) is 9.98 Å². The summed E-state index contributed by atoms with van der Waals surface area (Å²) in [5.41, 5.74) is 13.4. The molecular formula is C44H26NO2P. The molecule has 5 aliphatic rings. The molecule has 3 heterocycles. The van der Waals surface area contributed by atoms with Crippen LogP contribution in [0.5, 0.6) is 0 Å². The first-order chi connectivity index (χ1) is 23.7. The van der Waals surface area contributed by atoms with Crippen LogP contribution in [0.25, 0.3) is 21.9 Å². The van der Waals surface area contributed by atoms with Crippen LogP contribution in [0, 0.1) is 0 Å². The highest BCUT2D eigenvalue weighted by Gasteiger charge is 2.59. The third-order valence-electron chi connectivity index (χ3n) is 11.5. The average molecular weight is 632 g/mol. The summed E-state index contributed by atoms with van der Waals surface area (Å²) in [7, 11) is -3.46. The highest BCUT2D eigenvalue weighted by atomic mass is 31.2. The van der Waals surface area contributed by atoms with Gasteiger partial charge in [-0.25, -0.2) is 0 Å². The second-order valence-electron chi connectivity index (χ2n) is 13.5. The van der Waals surface area contributed by atoms with Gasteiger partial charge in [0.1, 0.15) is 11.2 Å². The lowest BCUT2D eigenvalue weighted by Gasteiger charge is -2.57. The average Bonchev–Trinajstić information content (AvgIpc) is 3.53. The van der Waals surface area contributed by atoms with Gasteiger partial charge >= 0.3 is 0 Å². The molecule has 0 N–H and O–H groups in total. The summed E-state index contributed by atoms with van der Waals surface area (Å²) < 4.78 is 23.2. The number of fused-ring (bicyclic) bond motifs is 6. The van der Waals surface area contributed by atoms with Crippen LogP contribution in [0.15, 0.2) is 156 Å². The van der Waals surface area contributed by atoms with Crippen molar-refractivity contribution in [3.8, 4) is 0 Å². The normalized spacial score (nSPS) is 21.8. The lowest BCUT2D eigenvalue weighted by molar-refractivity contribution is 0.591. The van der Waals surface area contributed by atoms with Crippen molar-refractivity contribution >= 4 is 62.1 Å². The van der Waals surface area contributed by atoms with Gasteiger partial charge in [0, 0.05) is 27.3 Å². The van der Waals surface area contributed by atoms with E-state index in [4.69, 9.17) is 4.42 Å². The first-order valence-electron chi connectivity index (χ1n) is 16.6. The summed E-state index contributed by atoms with van der Waals surface area (Å²) in [6.45, 7) is 0. The van der Waals surface area contributed by atoms with Gasteiger partial charge in [-0.15, -0.1) is 0 Å². The number of anilines is 3. The molecule has 2 aliphatic heterocycles. The Kier molecular flexibility index (Phi) is 4.48. The molecule has 1 atom stereocenters. The minimum absolute atomic E-state index is 0.163. The lowest BCUT2D eigenvalue weighted by Crippen LogP contribution is -2.49. The zero-order chi connectivity index (χ0) is 31.4. The highest BCUT2D eigenvalue weighted by molar-refractivity contribution is 7.86. The molecule has 4 heteroatoms. The van der Waals surface area contributed by atoms with Crippen LogP contribution in [0.3, 0.4) is 0 Å². The van der Waals surface area contributed by atoms with Crippen molar-refractivity contribution < 1.29 is 8.98 Å². The maximum absolute atomic E-state index is 16.6. The van der Waals surface area contributed by atoms with Crippen LogP contribution >= 0.6 is 7.14 Å². The topological polar surface area (TPSA) is 33.5 Å². The number of hydrogen-bond acceptors (Lipinski definition) is 3. The number of furan rings is 1. The van der Waals surface area contributed by atoms with Crippen LogP contribution in [-0.4, -0.2) is 0 Å². The first-order valence-corrected chi connectivity index (χ1v) is 18.3. The second kappa shape index (κ2) is 8.44. The Morgan fingerprint density at radius 3 is 1.96 bits per heavy atom. The van der Waals surface area contributed by atoms with Gasteiger partial charge in [0.2, 0.25) is 0 Å². The smallest absolute Gasteiger partial charge is 0.178 e. The summed E-state index contributed by atoms with van der Waals surface area (Å²) in [4.78, 5) is 2.42. The molecule has 0 amide bonds. The fraction of sp³-hybridized carbons (Fsp3) is 0.0455. The van der Waals surface area contributed by atoms with Crippen LogP contribution in [0.4, 0.5) is 17.1 Å². The molecule has 3 aliphatic carbocycles. The molecular weight excluding hydrogens is 605 g/mol. The van der Waals surface area contributed by atoms with Gasteiger partial charge in [-0.3, -0.25) is 0 Å². The molecule has 8 aromatic rings. The van der Waals surface area contributed by atoms with E-state index in [1.54, 1.807) is 0 Å². The number of rotatable bonds is 1. The molecule has 0 saturated carbocycles. The third-order valence-corrected chi connectivity index (χ3v) is 14.6. The fourth-order valence-electron chi connectivity index (χ4n) is 9.90. The van der Waals surface area contributed by atoms with E-state index in [1.165, 1.54) is 44.6 Å². The Bertz CT molecular complexity index is 2760. The quantitative estimate of drug-likeness (QED) is 0.169. The van der Waals surface area contributed by atoms with E-state index < -0.39 is 12.6 Å². The van der Waals surface area contributed by atoms with Gasteiger partial charge in [-0.2, -0.15) is 0 Å². The first kappa shape index (κ1) is 25.5. The molecule has 13 rings (SSSR count). The molecule has 0 saturated heterocycles. The molecule has 1 spiro atoms. The summed E-state index contributed by atoms with van der Waals surface area (Å²) in [6, 6.07) is 54.0. The predicted octanol–water partition coefficient (Wildman–Crippen LogP) is 9.51. The Balaban J connectivity index is 1.28. The van der Waals surface area contributed by atoms with Crippen molar-refractivity contribution in [3.63, 3.8) is 0 Å². The Hall–Kier alpha value is -5.63. The number of para-hydroxylation sites is 4. The number of hydrogen-bond donors (Lipinski definition) is 0. The third kappa shape index (κ3) is 2.63. The van der Waals surface area contributed by atoms with Crippen molar-refractivity contribution in [1.29, 1.82) is 0 Å². The predicted molar refractivity (Wildman–Crippen MR) is 194 cm³/mol. The van der Waals surface area contributed by atoms with E-state index in [0.29, 0.717) is 5.58 Å². The zero-order valence-electron chi connectivity index (χ0n) is 25.7. The molecule has 7 aromatic carbocycles. The molecule has 1 aromatic heterocycles. The fourth-order valence-corrected chi connectivity index (χ4v) is 13.0. The van der Waals surface area contributed by atoms with E-state index in [0.717, 1.165) is 43.6 Å². The number of benzene rings is 7. The molecule has 0 radical (unpaired) electrons. The number of nitrogens with zero attached hydrogens (tertiary/aromatic N) is 1. The maximum atomic E-state index is 16.6. The molecule has 224 valence electrons. The maximum Gasteiger partial charge on any atom is 0.178 e. The highest BCUT2D eigenvalue weighted by Crippen LogP contribution is 2.69. The largest absolute Gasteiger partial charge is 0.455 e. The summed E-state index contributed by atoms with van der Waals surface area (Å²) in [5, 5.41) is 4.49. The van der Waals surface area contributed by atoms with Gasteiger partial charge in [-0.05, 0) is 75.3 Å². The molecule has 3 nitrogen and oxygen atoms in total. The van der Waals surface area contributed by atoms with Crippen molar-refractivity contribution in [2.75, 3.05) is 4.90 Å². The zero-order valence-corrected chi connectivity index (χ0v) is 26.6. The summed E-state index contributed by atoms with van der Waals surface area (Å²) in [5.74, 6) is 0.163. The monoisotopic (exact) mass is 631 g/mol. The lowest BCUT2D eigenvalue weighted by atomic mass is 9.49. The van der Waals surface area contributed by atoms with E-state index in [-0.39, 0.29) is 5.92 Å². The van der Waals surface area contributed by atoms with Crippen LogP contribution in [0.1, 0.15) is 44.9 Å². The summed E-state index contributed by atoms with van der Waals surface area (Å²) >= 11 is 0. The minimum Gasteiger partial charge on any atom is -0.455 e. The Morgan fingerprint density at radius 2 is 1.10 bits per heavy atom. The van der Waals surface area contributed by atoms with Crippen molar-refractivity contribution in [2.24, 2.45) is 0 Å². The van der Waals surface area contributed by atoms with Gasteiger partial charge in [0.25, 0.3) is 0 Å². The van der Waals surface area contributed by atoms with Crippen molar-refractivity contribution in [3.05, 3.63) is 191 Å². The summed E-state index contributed by atoms with van der Waals surface area (Å²) in [6.07, 6.45) is 0.